The number of carbonyl (C=O) groups excluding carboxylic acids is 2. The van der Waals surface area contributed by atoms with Gasteiger partial charge in [0, 0.05) is 16.5 Å². The van der Waals surface area contributed by atoms with Gasteiger partial charge >= 0.3 is 0 Å². The number of nitrogens with zero attached hydrogens (tertiary/aromatic N) is 3. The summed E-state index contributed by atoms with van der Waals surface area (Å²) < 4.78 is 10.7. The number of hydrogen-bond acceptors (Lipinski definition) is 7. The molecule has 0 aliphatic carbocycles. The molecule has 0 spiro atoms. The number of anilines is 1. The van der Waals surface area contributed by atoms with E-state index in [1.165, 1.54) is 0 Å². The Morgan fingerprint density at radius 3 is 2.63 bits per heavy atom. The summed E-state index contributed by atoms with van der Waals surface area (Å²) >= 11 is 12.2. The van der Waals surface area contributed by atoms with Gasteiger partial charge in [-0.1, -0.05) is 40.5 Å². The van der Waals surface area contributed by atoms with Gasteiger partial charge in [-0.15, -0.1) is 0 Å². The summed E-state index contributed by atoms with van der Waals surface area (Å²) in [5.74, 6) is 0.972. The molecule has 2 N–H and O–H groups in total. The molecule has 1 aliphatic heterocycles. The topological polar surface area (TPSA) is 114 Å². The van der Waals surface area contributed by atoms with Gasteiger partial charge in [0.1, 0.15) is 5.76 Å². The maximum absolute atomic E-state index is 13.0. The van der Waals surface area contributed by atoms with Gasteiger partial charge in [0.25, 0.3) is 5.91 Å². The normalized spacial score (nSPS) is 14.4. The number of furan rings is 1. The molecule has 9 nitrogen and oxygen atoms in total. The van der Waals surface area contributed by atoms with Crippen LogP contribution in [0, 0.1) is 5.92 Å². The van der Waals surface area contributed by atoms with Crippen molar-refractivity contribution in [2.45, 2.75) is 25.9 Å². The second-order valence-electron chi connectivity index (χ2n) is 8.98. The molecule has 5 rings (SSSR count). The van der Waals surface area contributed by atoms with Crippen LogP contribution in [0.2, 0.25) is 10.0 Å². The lowest BCUT2D eigenvalue weighted by atomic mass is 9.95. The number of amides is 2. The van der Waals surface area contributed by atoms with E-state index in [1.54, 1.807) is 60.9 Å². The monoisotopic (exact) mass is 553 g/mol. The van der Waals surface area contributed by atoms with E-state index in [1.807, 2.05) is 0 Å². The smallest absolute Gasteiger partial charge is 0.253 e. The molecule has 0 atom stereocenters. The lowest BCUT2D eigenvalue weighted by Crippen LogP contribution is -2.38. The summed E-state index contributed by atoms with van der Waals surface area (Å²) in [4.78, 5) is 32.4. The molecule has 2 aromatic heterocycles. The molecule has 196 valence electrons. The molecular weight excluding hydrogens is 529 g/mol. The molecule has 0 bridgehead atoms. The van der Waals surface area contributed by atoms with Crippen molar-refractivity contribution in [2.24, 2.45) is 5.92 Å². The van der Waals surface area contributed by atoms with Crippen LogP contribution in [0.25, 0.3) is 11.4 Å². The third kappa shape index (κ3) is 6.24. The van der Waals surface area contributed by atoms with Gasteiger partial charge in [-0.25, -0.2) is 0 Å². The molecule has 1 fully saturated rings. The Kier molecular flexibility index (Phi) is 8.07. The van der Waals surface area contributed by atoms with E-state index < -0.39 is 0 Å². The van der Waals surface area contributed by atoms with Crippen molar-refractivity contribution in [3.05, 3.63) is 88.1 Å². The average molecular weight is 554 g/mol. The summed E-state index contributed by atoms with van der Waals surface area (Å²) in [7, 11) is 0. The number of para-hydroxylation sites is 1. The van der Waals surface area contributed by atoms with E-state index >= 15 is 0 Å². The highest BCUT2D eigenvalue weighted by Gasteiger charge is 2.27. The first-order valence-corrected chi connectivity index (χ1v) is 12.9. The first-order valence-electron chi connectivity index (χ1n) is 12.2. The number of likely N-dealkylation sites (tertiary alicyclic amines) is 1. The number of aromatic nitrogens is 2. The summed E-state index contributed by atoms with van der Waals surface area (Å²) in [5.41, 5.74) is 1.53. The third-order valence-electron chi connectivity index (χ3n) is 6.39. The largest absolute Gasteiger partial charge is 0.467 e. The lowest BCUT2D eigenvalue weighted by molar-refractivity contribution is -0.121. The van der Waals surface area contributed by atoms with Gasteiger partial charge in [-0.2, -0.15) is 4.98 Å². The Morgan fingerprint density at radius 1 is 1.05 bits per heavy atom. The molecule has 3 heterocycles. The van der Waals surface area contributed by atoms with Gasteiger partial charge in [0.15, 0.2) is 0 Å². The van der Waals surface area contributed by atoms with Crippen LogP contribution in [0.3, 0.4) is 0 Å². The van der Waals surface area contributed by atoms with E-state index in [2.05, 4.69) is 25.7 Å². The SMILES string of the molecule is O=C(NCc1ccco1)c1ccccc1NC(=O)C1CCN(Cc2nc(-c3ccc(Cl)cc3Cl)no2)CC1. The third-order valence-corrected chi connectivity index (χ3v) is 6.94. The zero-order chi connectivity index (χ0) is 26.5. The number of hydrogen-bond donors (Lipinski definition) is 2. The maximum atomic E-state index is 13.0. The fourth-order valence-electron chi connectivity index (χ4n) is 4.34. The Morgan fingerprint density at radius 2 is 1.87 bits per heavy atom. The van der Waals surface area contributed by atoms with Crippen LogP contribution in [-0.4, -0.2) is 39.9 Å². The summed E-state index contributed by atoms with van der Waals surface area (Å²) in [6.07, 6.45) is 2.89. The van der Waals surface area contributed by atoms with Crippen LogP contribution >= 0.6 is 23.2 Å². The number of rotatable bonds is 8. The van der Waals surface area contributed by atoms with Crippen LogP contribution < -0.4 is 10.6 Å². The van der Waals surface area contributed by atoms with Gasteiger partial charge in [0.2, 0.25) is 17.6 Å². The molecule has 0 radical (unpaired) electrons. The first-order chi connectivity index (χ1) is 18.5. The quantitative estimate of drug-likeness (QED) is 0.299. The minimum atomic E-state index is -0.286. The van der Waals surface area contributed by atoms with Gasteiger partial charge < -0.3 is 19.6 Å². The molecule has 2 aromatic carbocycles. The molecular formula is C27H25Cl2N5O4. The van der Waals surface area contributed by atoms with Crippen molar-refractivity contribution in [2.75, 3.05) is 18.4 Å². The van der Waals surface area contributed by atoms with E-state index in [0.717, 1.165) is 0 Å². The van der Waals surface area contributed by atoms with Crippen LogP contribution in [0.5, 0.6) is 0 Å². The number of nitrogens with one attached hydrogen (secondary N) is 2. The minimum Gasteiger partial charge on any atom is -0.467 e. The van der Waals surface area contributed by atoms with Crippen LogP contribution in [0.4, 0.5) is 5.69 Å². The van der Waals surface area contributed by atoms with Crippen molar-refractivity contribution in [1.29, 1.82) is 0 Å². The second kappa shape index (κ2) is 11.8. The molecule has 11 heteroatoms. The minimum absolute atomic E-state index is 0.103. The average Bonchev–Trinajstić information content (AvgIpc) is 3.60. The highest BCUT2D eigenvalue weighted by atomic mass is 35.5. The molecule has 0 saturated carbocycles. The second-order valence-corrected chi connectivity index (χ2v) is 9.83. The zero-order valence-electron chi connectivity index (χ0n) is 20.3. The lowest BCUT2D eigenvalue weighted by Gasteiger charge is -2.30. The molecule has 2 amide bonds. The fourth-order valence-corrected chi connectivity index (χ4v) is 4.84. The summed E-state index contributed by atoms with van der Waals surface area (Å²) in [6.45, 7) is 2.14. The van der Waals surface area contributed by atoms with E-state index in [4.69, 9.17) is 32.1 Å². The molecule has 1 saturated heterocycles. The van der Waals surface area contributed by atoms with Crippen LogP contribution in [0.15, 0.2) is 69.8 Å². The van der Waals surface area contributed by atoms with Crippen molar-refractivity contribution in [1.82, 2.24) is 20.4 Å². The van der Waals surface area contributed by atoms with E-state index in [-0.39, 0.29) is 24.3 Å². The predicted octanol–water partition coefficient (Wildman–Crippen LogP) is 5.42. The standard InChI is InChI=1S/C27H25Cl2N5O4/c28-18-7-8-20(22(29)14-18)25-32-24(38-33-25)16-34-11-9-17(10-12-34)26(35)31-23-6-2-1-5-21(23)27(36)30-15-19-4-3-13-37-19/h1-8,13-14,17H,9-12,15-16H2,(H,30,36)(H,31,35). The Balaban J connectivity index is 1.13. The van der Waals surface area contributed by atoms with Gasteiger partial charge in [-0.3, -0.25) is 14.5 Å². The fraction of sp³-hybridized carbons (Fsp3) is 0.259. The van der Waals surface area contributed by atoms with Gasteiger partial charge in [-0.05, 0) is 68.4 Å². The first kappa shape index (κ1) is 26.0. The Hall–Kier alpha value is -3.66. The highest BCUT2D eigenvalue weighted by Crippen LogP contribution is 2.29. The highest BCUT2D eigenvalue weighted by molar-refractivity contribution is 6.36. The summed E-state index contributed by atoms with van der Waals surface area (Å²) in [5, 5.41) is 10.8. The van der Waals surface area contributed by atoms with Crippen molar-refractivity contribution >= 4 is 40.7 Å². The Labute approximate surface area is 229 Å². The van der Waals surface area contributed by atoms with Crippen LogP contribution in [-0.2, 0) is 17.9 Å². The Bertz CT molecular complexity index is 1410. The van der Waals surface area contributed by atoms with Crippen LogP contribution in [0.1, 0.15) is 34.9 Å². The predicted molar refractivity (Wildman–Crippen MR) is 143 cm³/mol. The van der Waals surface area contributed by atoms with Crippen molar-refractivity contribution < 1.29 is 18.5 Å². The molecule has 0 unspecified atom stereocenters. The maximum Gasteiger partial charge on any atom is 0.253 e. The number of carbonyl (C=O) groups is 2. The number of benzene rings is 2. The number of piperidine rings is 1. The van der Waals surface area contributed by atoms with E-state index in [0.29, 0.717) is 76.8 Å². The van der Waals surface area contributed by atoms with Gasteiger partial charge in [0.05, 0.1) is 35.6 Å². The van der Waals surface area contributed by atoms with Crippen molar-refractivity contribution in [3.63, 3.8) is 0 Å². The molecule has 1 aliphatic rings. The zero-order valence-corrected chi connectivity index (χ0v) is 21.8. The summed E-state index contributed by atoms with van der Waals surface area (Å²) in [6, 6.07) is 15.6. The van der Waals surface area contributed by atoms with E-state index in [9.17, 15) is 9.59 Å². The molecule has 38 heavy (non-hydrogen) atoms. The molecule has 4 aromatic rings. The number of halogens is 2. The van der Waals surface area contributed by atoms with Crippen molar-refractivity contribution in [3.8, 4) is 11.4 Å².